The number of nitrogens with one attached hydrogen (secondary N) is 2. The lowest BCUT2D eigenvalue weighted by atomic mass is 10.1. The summed E-state index contributed by atoms with van der Waals surface area (Å²) < 4.78 is 0. The van der Waals surface area contributed by atoms with E-state index in [0.29, 0.717) is 11.6 Å². The van der Waals surface area contributed by atoms with Crippen LogP contribution >= 0.6 is 0 Å². The molecule has 4 nitrogen and oxygen atoms in total. The molecule has 2 rings (SSSR count). The highest BCUT2D eigenvalue weighted by atomic mass is 16.4. The molecule has 0 bridgehead atoms. The maximum Gasteiger partial charge on any atom is 0.335 e. The Morgan fingerprint density at radius 2 is 2.29 bits per heavy atom. The quantitative estimate of drug-likeness (QED) is 0.632. The first-order valence-corrected chi connectivity index (χ1v) is 4.54. The molecule has 1 unspecified atom stereocenters. The molecule has 0 aromatic heterocycles. The van der Waals surface area contributed by atoms with Gasteiger partial charge in [0.1, 0.15) is 0 Å². The molecule has 3 N–H and O–H groups in total. The lowest BCUT2D eigenvalue weighted by molar-refractivity contribution is 0.0697. The minimum Gasteiger partial charge on any atom is -0.478 e. The summed E-state index contributed by atoms with van der Waals surface area (Å²) in [6.45, 7) is 2.89. The predicted molar refractivity (Wildman–Crippen MR) is 55.0 cm³/mol. The van der Waals surface area contributed by atoms with Crippen molar-refractivity contribution in [3.63, 3.8) is 0 Å². The van der Waals surface area contributed by atoms with Crippen LogP contribution in [0.3, 0.4) is 0 Å². The average molecular weight is 192 g/mol. The number of aromatic carboxylic acids is 1. The van der Waals surface area contributed by atoms with Gasteiger partial charge in [0.05, 0.1) is 16.9 Å². The van der Waals surface area contributed by atoms with Crippen LogP contribution in [0.15, 0.2) is 18.2 Å². The molecule has 0 radical (unpaired) electrons. The van der Waals surface area contributed by atoms with Gasteiger partial charge in [0.15, 0.2) is 0 Å². The van der Waals surface area contributed by atoms with Crippen molar-refractivity contribution in [2.45, 2.75) is 13.0 Å². The van der Waals surface area contributed by atoms with E-state index in [1.807, 2.05) is 0 Å². The number of hydrogen-bond acceptors (Lipinski definition) is 3. The molecule has 1 aliphatic rings. The Balaban J connectivity index is 2.36. The van der Waals surface area contributed by atoms with Crippen LogP contribution in [0.25, 0.3) is 0 Å². The Bertz CT molecular complexity index is 376. The molecular weight excluding hydrogens is 180 g/mol. The van der Waals surface area contributed by atoms with E-state index in [0.717, 1.165) is 17.9 Å². The van der Waals surface area contributed by atoms with E-state index in [4.69, 9.17) is 5.11 Å². The van der Waals surface area contributed by atoms with Crippen LogP contribution in [0.1, 0.15) is 17.3 Å². The zero-order valence-corrected chi connectivity index (χ0v) is 7.87. The molecule has 74 valence electrons. The summed E-state index contributed by atoms with van der Waals surface area (Å²) in [6, 6.07) is 5.42. The van der Waals surface area contributed by atoms with Gasteiger partial charge in [-0.1, -0.05) is 0 Å². The van der Waals surface area contributed by atoms with Gasteiger partial charge in [-0.3, -0.25) is 0 Å². The van der Waals surface area contributed by atoms with Crippen molar-refractivity contribution >= 4 is 17.3 Å². The number of benzene rings is 1. The SMILES string of the molecule is CC1CNc2cc(C(=O)O)ccc2N1. The maximum absolute atomic E-state index is 10.7. The molecule has 1 atom stereocenters. The van der Waals surface area contributed by atoms with Gasteiger partial charge in [0.25, 0.3) is 0 Å². The van der Waals surface area contributed by atoms with E-state index in [2.05, 4.69) is 17.6 Å². The summed E-state index contributed by atoms with van der Waals surface area (Å²) in [7, 11) is 0. The van der Waals surface area contributed by atoms with E-state index in [9.17, 15) is 4.79 Å². The smallest absolute Gasteiger partial charge is 0.335 e. The summed E-state index contributed by atoms with van der Waals surface area (Å²) in [5, 5.41) is 15.2. The Morgan fingerprint density at radius 3 is 3.00 bits per heavy atom. The molecule has 1 aliphatic heterocycles. The number of rotatable bonds is 1. The number of hydrogen-bond donors (Lipinski definition) is 3. The number of anilines is 2. The summed E-state index contributed by atoms with van der Waals surface area (Å²) in [5.74, 6) is -0.895. The van der Waals surface area contributed by atoms with Crippen LogP contribution in [0.4, 0.5) is 11.4 Å². The molecule has 0 fully saturated rings. The van der Waals surface area contributed by atoms with Crippen molar-refractivity contribution in [1.82, 2.24) is 0 Å². The van der Waals surface area contributed by atoms with Gasteiger partial charge < -0.3 is 15.7 Å². The summed E-state index contributed by atoms with van der Waals surface area (Å²) in [5.41, 5.74) is 2.14. The highest BCUT2D eigenvalue weighted by molar-refractivity contribution is 5.91. The Kier molecular flexibility index (Phi) is 2.04. The highest BCUT2D eigenvalue weighted by Gasteiger charge is 2.14. The highest BCUT2D eigenvalue weighted by Crippen LogP contribution is 2.26. The van der Waals surface area contributed by atoms with Crippen LogP contribution in [0.5, 0.6) is 0 Å². The number of carbonyl (C=O) groups is 1. The third kappa shape index (κ3) is 1.51. The number of fused-ring (bicyclic) bond motifs is 1. The number of carboxylic acids is 1. The molecule has 0 saturated heterocycles. The summed E-state index contributed by atoms with van der Waals surface area (Å²) in [4.78, 5) is 10.7. The minimum atomic E-state index is -0.895. The monoisotopic (exact) mass is 192 g/mol. The van der Waals surface area contributed by atoms with Gasteiger partial charge in [0, 0.05) is 12.6 Å². The zero-order chi connectivity index (χ0) is 10.1. The molecule has 4 heteroatoms. The molecule has 0 amide bonds. The van der Waals surface area contributed by atoms with Gasteiger partial charge in [0.2, 0.25) is 0 Å². The molecule has 1 aromatic carbocycles. The molecule has 1 heterocycles. The van der Waals surface area contributed by atoms with Crippen LogP contribution in [0, 0.1) is 0 Å². The third-order valence-electron chi connectivity index (χ3n) is 2.27. The van der Waals surface area contributed by atoms with Crippen LogP contribution in [-0.2, 0) is 0 Å². The van der Waals surface area contributed by atoms with Crippen molar-refractivity contribution in [3.8, 4) is 0 Å². The first-order chi connectivity index (χ1) is 6.66. The molecular formula is C10H12N2O2. The van der Waals surface area contributed by atoms with Crippen LogP contribution in [-0.4, -0.2) is 23.7 Å². The second-order valence-corrected chi connectivity index (χ2v) is 3.49. The van der Waals surface area contributed by atoms with Crippen molar-refractivity contribution < 1.29 is 9.90 Å². The largest absolute Gasteiger partial charge is 0.478 e. The second kappa shape index (κ2) is 3.21. The molecule has 1 aromatic rings. The van der Waals surface area contributed by atoms with Crippen molar-refractivity contribution in [3.05, 3.63) is 23.8 Å². The maximum atomic E-state index is 10.7. The van der Waals surface area contributed by atoms with E-state index < -0.39 is 5.97 Å². The van der Waals surface area contributed by atoms with Crippen LogP contribution in [0.2, 0.25) is 0 Å². The number of carboxylic acid groups (broad SMARTS) is 1. The van der Waals surface area contributed by atoms with Crippen molar-refractivity contribution in [1.29, 1.82) is 0 Å². The molecule has 14 heavy (non-hydrogen) atoms. The van der Waals surface area contributed by atoms with Crippen molar-refractivity contribution in [2.75, 3.05) is 17.2 Å². The normalized spacial score (nSPS) is 19.1. The molecule has 0 spiro atoms. The third-order valence-corrected chi connectivity index (χ3v) is 2.27. The first kappa shape index (κ1) is 8.87. The van der Waals surface area contributed by atoms with Gasteiger partial charge in [-0.25, -0.2) is 4.79 Å². The Labute approximate surface area is 81.9 Å². The topological polar surface area (TPSA) is 61.4 Å². The zero-order valence-electron chi connectivity index (χ0n) is 7.87. The van der Waals surface area contributed by atoms with E-state index >= 15 is 0 Å². The predicted octanol–water partition coefficient (Wildman–Crippen LogP) is 1.61. The van der Waals surface area contributed by atoms with Gasteiger partial charge >= 0.3 is 5.97 Å². The first-order valence-electron chi connectivity index (χ1n) is 4.54. The van der Waals surface area contributed by atoms with E-state index in [-0.39, 0.29) is 0 Å². The van der Waals surface area contributed by atoms with E-state index in [1.54, 1.807) is 18.2 Å². The van der Waals surface area contributed by atoms with Gasteiger partial charge in [-0.2, -0.15) is 0 Å². The average Bonchev–Trinajstić information content (AvgIpc) is 2.16. The lowest BCUT2D eigenvalue weighted by Crippen LogP contribution is -2.30. The van der Waals surface area contributed by atoms with Crippen molar-refractivity contribution in [2.24, 2.45) is 0 Å². The fourth-order valence-corrected chi connectivity index (χ4v) is 1.53. The fourth-order valence-electron chi connectivity index (χ4n) is 1.53. The Hall–Kier alpha value is -1.71. The van der Waals surface area contributed by atoms with Gasteiger partial charge in [-0.15, -0.1) is 0 Å². The summed E-state index contributed by atoms with van der Waals surface area (Å²) >= 11 is 0. The van der Waals surface area contributed by atoms with E-state index in [1.165, 1.54) is 0 Å². The van der Waals surface area contributed by atoms with Gasteiger partial charge in [-0.05, 0) is 25.1 Å². The summed E-state index contributed by atoms with van der Waals surface area (Å²) in [6.07, 6.45) is 0. The fraction of sp³-hybridized carbons (Fsp3) is 0.300. The minimum absolute atomic E-state index is 0.313. The molecule has 0 aliphatic carbocycles. The van der Waals surface area contributed by atoms with Crippen LogP contribution < -0.4 is 10.6 Å². The lowest BCUT2D eigenvalue weighted by Gasteiger charge is -2.25. The molecule has 0 saturated carbocycles. The Morgan fingerprint density at radius 1 is 1.50 bits per heavy atom. The second-order valence-electron chi connectivity index (χ2n) is 3.49. The standard InChI is InChI=1S/C10H12N2O2/c1-6-5-11-9-4-7(10(13)14)2-3-8(9)12-6/h2-4,6,11-12H,5H2,1H3,(H,13,14).